The lowest BCUT2D eigenvalue weighted by Crippen LogP contribution is -2.21. The zero-order valence-electron chi connectivity index (χ0n) is 16.8. The SMILES string of the molecule is Cc1ccc(C)c(NC(=O)CCCC(=O)OCC(=O)Nc2cccc(Cl)c2C)c1. The second kappa shape index (κ2) is 10.6. The molecule has 0 atom stereocenters. The monoisotopic (exact) mass is 416 g/mol. The number of halogens is 1. The van der Waals surface area contributed by atoms with Crippen LogP contribution in [0.1, 0.15) is 36.0 Å². The summed E-state index contributed by atoms with van der Waals surface area (Å²) < 4.78 is 4.97. The minimum absolute atomic E-state index is 0.0592. The average molecular weight is 417 g/mol. The Kier molecular flexibility index (Phi) is 8.21. The highest BCUT2D eigenvalue weighted by Gasteiger charge is 2.11. The Morgan fingerprint density at radius 2 is 1.66 bits per heavy atom. The van der Waals surface area contributed by atoms with Crippen molar-refractivity contribution in [1.82, 2.24) is 0 Å². The summed E-state index contributed by atoms with van der Waals surface area (Å²) in [6.07, 6.45) is 0.588. The lowest BCUT2D eigenvalue weighted by atomic mass is 10.1. The first-order valence-corrected chi connectivity index (χ1v) is 9.71. The first kappa shape index (κ1) is 22.4. The predicted octanol–water partition coefficient (Wildman–Crippen LogP) is 4.56. The molecule has 0 heterocycles. The largest absolute Gasteiger partial charge is 0.456 e. The third-order valence-corrected chi connectivity index (χ3v) is 4.77. The highest BCUT2D eigenvalue weighted by Crippen LogP contribution is 2.22. The summed E-state index contributed by atoms with van der Waals surface area (Å²) >= 11 is 6.01. The molecule has 7 heteroatoms. The number of nitrogens with one attached hydrogen (secondary N) is 2. The minimum Gasteiger partial charge on any atom is -0.456 e. The number of benzene rings is 2. The second-order valence-electron chi connectivity index (χ2n) is 6.84. The van der Waals surface area contributed by atoms with Crippen LogP contribution in [0.25, 0.3) is 0 Å². The van der Waals surface area contributed by atoms with E-state index in [1.807, 2.05) is 32.0 Å². The van der Waals surface area contributed by atoms with Gasteiger partial charge in [0.25, 0.3) is 5.91 Å². The Labute approximate surface area is 175 Å². The molecule has 0 unspecified atom stereocenters. The zero-order valence-corrected chi connectivity index (χ0v) is 17.6. The van der Waals surface area contributed by atoms with Gasteiger partial charge in [-0.3, -0.25) is 14.4 Å². The van der Waals surface area contributed by atoms with Gasteiger partial charge in [0.2, 0.25) is 5.91 Å². The molecular formula is C22H25ClN2O4. The van der Waals surface area contributed by atoms with Gasteiger partial charge in [-0.05, 0) is 62.1 Å². The van der Waals surface area contributed by atoms with Crippen LogP contribution in [0, 0.1) is 20.8 Å². The number of esters is 1. The molecule has 2 amide bonds. The van der Waals surface area contributed by atoms with Crippen LogP contribution in [0.15, 0.2) is 36.4 Å². The summed E-state index contributed by atoms with van der Waals surface area (Å²) in [6.45, 7) is 5.27. The smallest absolute Gasteiger partial charge is 0.306 e. The van der Waals surface area contributed by atoms with Crippen molar-refractivity contribution in [2.75, 3.05) is 17.2 Å². The Hall–Kier alpha value is -2.86. The van der Waals surface area contributed by atoms with Gasteiger partial charge in [0.15, 0.2) is 6.61 Å². The molecule has 0 aliphatic heterocycles. The van der Waals surface area contributed by atoms with Crippen molar-refractivity contribution in [3.63, 3.8) is 0 Å². The molecule has 29 heavy (non-hydrogen) atoms. The van der Waals surface area contributed by atoms with Crippen molar-refractivity contribution < 1.29 is 19.1 Å². The molecule has 0 aliphatic rings. The molecule has 0 saturated carbocycles. The summed E-state index contributed by atoms with van der Waals surface area (Å²) in [4.78, 5) is 35.8. The van der Waals surface area contributed by atoms with Crippen LogP contribution in [0.5, 0.6) is 0 Å². The Morgan fingerprint density at radius 3 is 2.41 bits per heavy atom. The van der Waals surface area contributed by atoms with Crippen molar-refractivity contribution in [3.05, 3.63) is 58.1 Å². The molecule has 0 aromatic heterocycles. The van der Waals surface area contributed by atoms with Crippen molar-refractivity contribution >= 4 is 40.8 Å². The van der Waals surface area contributed by atoms with Gasteiger partial charge in [-0.1, -0.05) is 29.8 Å². The highest BCUT2D eigenvalue weighted by molar-refractivity contribution is 6.31. The van der Waals surface area contributed by atoms with Gasteiger partial charge in [0, 0.05) is 29.2 Å². The van der Waals surface area contributed by atoms with Gasteiger partial charge in [-0.25, -0.2) is 0 Å². The van der Waals surface area contributed by atoms with E-state index in [1.165, 1.54) is 0 Å². The zero-order chi connectivity index (χ0) is 21.4. The number of anilines is 2. The maximum absolute atomic E-state index is 12.0. The fraction of sp³-hybridized carbons (Fsp3) is 0.318. The normalized spacial score (nSPS) is 10.3. The van der Waals surface area contributed by atoms with E-state index in [4.69, 9.17) is 16.3 Å². The van der Waals surface area contributed by atoms with Gasteiger partial charge >= 0.3 is 5.97 Å². The van der Waals surface area contributed by atoms with E-state index < -0.39 is 11.9 Å². The molecule has 2 N–H and O–H groups in total. The molecule has 0 bridgehead atoms. The number of aryl methyl sites for hydroxylation is 2. The third kappa shape index (κ3) is 7.23. The van der Waals surface area contributed by atoms with Crippen molar-refractivity contribution in [2.24, 2.45) is 0 Å². The van der Waals surface area contributed by atoms with Crippen LogP contribution in [-0.2, 0) is 19.1 Å². The lowest BCUT2D eigenvalue weighted by Gasteiger charge is -2.10. The van der Waals surface area contributed by atoms with Crippen LogP contribution in [-0.4, -0.2) is 24.4 Å². The Morgan fingerprint density at radius 1 is 0.931 bits per heavy atom. The number of amides is 2. The van der Waals surface area contributed by atoms with Crippen LogP contribution < -0.4 is 10.6 Å². The summed E-state index contributed by atoms with van der Waals surface area (Å²) in [6, 6.07) is 11.0. The molecule has 6 nitrogen and oxygen atoms in total. The molecule has 0 fully saturated rings. The second-order valence-corrected chi connectivity index (χ2v) is 7.25. The van der Waals surface area contributed by atoms with Gasteiger partial charge in [-0.15, -0.1) is 0 Å². The number of rotatable bonds is 8. The fourth-order valence-electron chi connectivity index (χ4n) is 2.62. The Balaban J connectivity index is 1.69. The van der Waals surface area contributed by atoms with Crippen molar-refractivity contribution in [2.45, 2.75) is 40.0 Å². The Bertz CT molecular complexity index is 912. The summed E-state index contributed by atoms with van der Waals surface area (Å²) in [5.41, 5.74) is 4.11. The van der Waals surface area contributed by atoms with Crippen LogP contribution in [0.2, 0.25) is 5.02 Å². The number of hydrogen-bond donors (Lipinski definition) is 2. The van der Waals surface area contributed by atoms with Gasteiger partial charge < -0.3 is 15.4 Å². The highest BCUT2D eigenvalue weighted by atomic mass is 35.5. The summed E-state index contributed by atoms with van der Waals surface area (Å²) in [5, 5.41) is 6.04. The molecule has 0 saturated heterocycles. The summed E-state index contributed by atoms with van der Waals surface area (Å²) in [7, 11) is 0. The standard InChI is InChI=1S/C22H25ClN2O4/c1-14-10-11-15(2)19(12-14)25-20(26)8-5-9-22(28)29-13-21(27)24-18-7-4-6-17(23)16(18)3/h4,6-7,10-12H,5,8-9,13H2,1-3H3,(H,24,27)(H,25,26). The van der Waals surface area contributed by atoms with Crippen molar-refractivity contribution in [3.8, 4) is 0 Å². The van der Waals surface area contributed by atoms with Gasteiger partial charge in [-0.2, -0.15) is 0 Å². The van der Waals surface area contributed by atoms with E-state index in [2.05, 4.69) is 10.6 Å². The van der Waals surface area contributed by atoms with Crippen LogP contribution in [0.3, 0.4) is 0 Å². The van der Waals surface area contributed by atoms with Gasteiger partial charge in [0.05, 0.1) is 0 Å². The van der Waals surface area contributed by atoms with Crippen LogP contribution >= 0.6 is 11.6 Å². The van der Waals surface area contributed by atoms with E-state index in [1.54, 1.807) is 25.1 Å². The fourth-order valence-corrected chi connectivity index (χ4v) is 2.80. The van der Waals surface area contributed by atoms with Crippen molar-refractivity contribution in [1.29, 1.82) is 0 Å². The number of carbonyl (C=O) groups is 3. The molecule has 2 rings (SSSR count). The molecule has 0 aliphatic carbocycles. The minimum atomic E-state index is -0.525. The van der Waals surface area contributed by atoms with E-state index in [9.17, 15) is 14.4 Å². The topological polar surface area (TPSA) is 84.5 Å². The van der Waals surface area contributed by atoms with Gasteiger partial charge in [0.1, 0.15) is 0 Å². The number of hydrogen-bond acceptors (Lipinski definition) is 4. The number of carbonyl (C=O) groups excluding carboxylic acids is 3. The average Bonchev–Trinajstić information content (AvgIpc) is 2.67. The maximum atomic E-state index is 12.0. The molecular weight excluding hydrogens is 392 g/mol. The molecule has 154 valence electrons. The predicted molar refractivity (Wildman–Crippen MR) is 114 cm³/mol. The first-order chi connectivity index (χ1) is 13.8. The molecule has 2 aromatic rings. The maximum Gasteiger partial charge on any atom is 0.306 e. The number of ether oxygens (including phenoxy) is 1. The van der Waals surface area contributed by atoms with E-state index >= 15 is 0 Å². The van der Waals surface area contributed by atoms with E-state index in [0.717, 1.165) is 22.4 Å². The third-order valence-electron chi connectivity index (χ3n) is 4.36. The van der Waals surface area contributed by atoms with E-state index in [0.29, 0.717) is 17.1 Å². The molecule has 0 radical (unpaired) electrons. The lowest BCUT2D eigenvalue weighted by molar-refractivity contribution is -0.147. The molecule has 2 aromatic carbocycles. The quantitative estimate of drug-likeness (QED) is 0.618. The van der Waals surface area contributed by atoms with Crippen LogP contribution in [0.4, 0.5) is 11.4 Å². The first-order valence-electron chi connectivity index (χ1n) is 9.34. The van der Waals surface area contributed by atoms with E-state index in [-0.39, 0.29) is 25.4 Å². The molecule has 0 spiro atoms. The summed E-state index contributed by atoms with van der Waals surface area (Å²) in [5.74, 6) is -1.14.